The molecule has 1 aliphatic rings. The van der Waals surface area contributed by atoms with Gasteiger partial charge >= 0.3 is 0 Å². The third-order valence-corrected chi connectivity index (χ3v) is 5.05. The van der Waals surface area contributed by atoms with Crippen LogP contribution in [0.2, 0.25) is 0 Å². The molecule has 1 heterocycles. The fourth-order valence-electron chi connectivity index (χ4n) is 3.21. The van der Waals surface area contributed by atoms with E-state index < -0.39 is 0 Å². The summed E-state index contributed by atoms with van der Waals surface area (Å²) in [5, 5.41) is 5.85. The molecule has 5 heteroatoms. The highest BCUT2D eigenvalue weighted by Gasteiger charge is 2.25. The van der Waals surface area contributed by atoms with Gasteiger partial charge in [0, 0.05) is 18.2 Å². The Morgan fingerprint density at radius 1 is 1.16 bits per heavy atom. The lowest BCUT2D eigenvalue weighted by Crippen LogP contribution is -2.43. The van der Waals surface area contributed by atoms with Crippen molar-refractivity contribution < 1.29 is 9.59 Å². The first-order valence-corrected chi connectivity index (χ1v) is 9.43. The number of nitrogens with one attached hydrogen (secondary N) is 2. The molecular weight excluding hydrogens is 314 g/mol. The summed E-state index contributed by atoms with van der Waals surface area (Å²) in [6, 6.07) is 8.12. The molecule has 1 aromatic rings. The molecule has 5 nitrogen and oxygen atoms in total. The first-order valence-electron chi connectivity index (χ1n) is 9.43. The van der Waals surface area contributed by atoms with Gasteiger partial charge in [0.1, 0.15) is 0 Å². The van der Waals surface area contributed by atoms with Gasteiger partial charge in [-0.2, -0.15) is 0 Å². The molecule has 0 saturated carbocycles. The topological polar surface area (TPSA) is 61.4 Å². The second-order valence-corrected chi connectivity index (χ2v) is 6.92. The zero-order valence-corrected chi connectivity index (χ0v) is 15.7. The summed E-state index contributed by atoms with van der Waals surface area (Å²) in [5.74, 6) is 0.782. The predicted octanol–water partition coefficient (Wildman–Crippen LogP) is 2.99. The zero-order chi connectivity index (χ0) is 18.2. The van der Waals surface area contributed by atoms with Gasteiger partial charge in [0.15, 0.2) is 0 Å². The van der Waals surface area contributed by atoms with Crippen LogP contribution >= 0.6 is 0 Å². The minimum absolute atomic E-state index is 0.00718. The van der Waals surface area contributed by atoms with Crippen LogP contribution in [0.3, 0.4) is 0 Å². The highest BCUT2D eigenvalue weighted by Crippen LogP contribution is 2.21. The molecule has 1 aliphatic heterocycles. The first-order chi connectivity index (χ1) is 12.0. The summed E-state index contributed by atoms with van der Waals surface area (Å²) in [5.41, 5.74) is 2.14. The highest BCUT2D eigenvalue weighted by atomic mass is 16.2. The lowest BCUT2D eigenvalue weighted by Gasteiger charge is -2.30. The van der Waals surface area contributed by atoms with Gasteiger partial charge in [-0.3, -0.25) is 14.5 Å². The Balaban J connectivity index is 1.76. The van der Waals surface area contributed by atoms with E-state index in [0.29, 0.717) is 19.0 Å². The summed E-state index contributed by atoms with van der Waals surface area (Å²) in [7, 11) is 0. The lowest BCUT2D eigenvalue weighted by molar-refractivity contribution is -0.126. The van der Waals surface area contributed by atoms with E-state index in [-0.39, 0.29) is 17.7 Å². The van der Waals surface area contributed by atoms with E-state index in [0.717, 1.165) is 38.0 Å². The maximum Gasteiger partial charge on any atom is 0.238 e. The number of hydrogen-bond acceptors (Lipinski definition) is 3. The smallest absolute Gasteiger partial charge is 0.238 e. The maximum absolute atomic E-state index is 12.2. The van der Waals surface area contributed by atoms with Crippen LogP contribution in [0.5, 0.6) is 0 Å². The molecule has 2 rings (SSSR count). The molecule has 138 valence electrons. The average molecular weight is 345 g/mol. The Hall–Kier alpha value is -1.88. The average Bonchev–Trinajstić information content (AvgIpc) is 2.62. The van der Waals surface area contributed by atoms with Crippen LogP contribution in [-0.4, -0.2) is 42.9 Å². The van der Waals surface area contributed by atoms with Crippen LogP contribution in [-0.2, 0) is 9.59 Å². The highest BCUT2D eigenvalue weighted by molar-refractivity contribution is 5.92. The van der Waals surface area contributed by atoms with Crippen molar-refractivity contribution >= 4 is 17.5 Å². The number of nitrogens with zero attached hydrogens (tertiary/aromatic N) is 1. The summed E-state index contributed by atoms with van der Waals surface area (Å²) < 4.78 is 0. The monoisotopic (exact) mass is 345 g/mol. The number of piperidine rings is 1. The number of likely N-dealkylation sites (tertiary alicyclic amines) is 1. The summed E-state index contributed by atoms with van der Waals surface area (Å²) >= 11 is 0. The first kappa shape index (κ1) is 19.4. The molecule has 25 heavy (non-hydrogen) atoms. The Labute approximate surface area is 151 Å². The van der Waals surface area contributed by atoms with Gasteiger partial charge in [-0.05, 0) is 62.9 Å². The van der Waals surface area contributed by atoms with Crippen molar-refractivity contribution in [1.29, 1.82) is 0 Å². The Bertz CT molecular complexity index is 563. The van der Waals surface area contributed by atoms with E-state index in [1.54, 1.807) is 0 Å². The molecule has 0 spiro atoms. The van der Waals surface area contributed by atoms with Crippen molar-refractivity contribution in [2.45, 2.75) is 46.0 Å². The van der Waals surface area contributed by atoms with E-state index in [2.05, 4.69) is 41.5 Å². The van der Waals surface area contributed by atoms with Crippen molar-refractivity contribution in [2.24, 2.45) is 5.92 Å². The van der Waals surface area contributed by atoms with E-state index >= 15 is 0 Å². The molecular formula is C20H31N3O2. The molecule has 0 radical (unpaired) electrons. The van der Waals surface area contributed by atoms with Crippen LogP contribution in [0, 0.1) is 5.92 Å². The third-order valence-electron chi connectivity index (χ3n) is 5.05. The number of hydrogen-bond donors (Lipinski definition) is 2. The quantitative estimate of drug-likeness (QED) is 0.799. The van der Waals surface area contributed by atoms with Crippen molar-refractivity contribution in [3.63, 3.8) is 0 Å². The number of anilines is 1. The molecule has 1 unspecified atom stereocenters. The van der Waals surface area contributed by atoms with E-state index in [1.807, 2.05) is 19.1 Å². The SMILES string of the molecule is CCNC(=O)C1CCN(CC(=O)Nc2ccc(C(C)CC)cc2)CC1. The van der Waals surface area contributed by atoms with E-state index in [1.165, 1.54) is 5.56 Å². The molecule has 0 aromatic heterocycles. The van der Waals surface area contributed by atoms with Crippen LogP contribution < -0.4 is 10.6 Å². The van der Waals surface area contributed by atoms with Crippen molar-refractivity contribution in [1.82, 2.24) is 10.2 Å². The predicted molar refractivity (Wildman–Crippen MR) is 102 cm³/mol. The van der Waals surface area contributed by atoms with Gasteiger partial charge in [0.05, 0.1) is 6.54 Å². The molecule has 1 aromatic carbocycles. The van der Waals surface area contributed by atoms with E-state index in [4.69, 9.17) is 0 Å². The van der Waals surface area contributed by atoms with Crippen LogP contribution in [0.1, 0.15) is 51.5 Å². The number of carbonyl (C=O) groups is 2. The molecule has 2 N–H and O–H groups in total. The summed E-state index contributed by atoms with van der Waals surface area (Å²) in [6.07, 6.45) is 2.75. The Kier molecular flexibility index (Phi) is 7.44. The third kappa shape index (κ3) is 5.85. The molecule has 1 atom stereocenters. The van der Waals surface area contributed by atoms with Gasteiger partial charge in [0.2, 0.25) is 11.8 Å². The maximum atomic E-state index is 12.2. The summed E-state index contributed by atoms with van der Waals surface area (Å²) in [4.78, 5) is 26.2. The molecule has 0 bridgehead atoms. The largest absolute Gasteiger partial charge is 0.356 e. The molecule has 0 aliphatic carbocycles. The normalized spacial score (nSPS) is 17.1. The van der Waals surface area contributed by atoms with Crippen LogP contribution in [0.15, 0.2) is 24.3 Å². The van der Waals surface area contributed by atoms with Gasteiger partial charge < -0.3 is 10.6 Å². The number of amides is 2. The molecule has 2 amide bonds. The molecule has 1 fully saturated rings. The second-order valence-electron chi connectivity index (χ2n) is 6.92. The van der Waals surface area contributed by atoms with Gasteiger partial charge in [-0.15, -0.1) is 0 Å². The second kappa shape index (κ2) is 9.56. The van der Waals surface area contributed by atoms with E-state index in [9.17, 15) is 9.59 Å². The number of rotatable bonds is 7. The van der Waals surface area contributed by atoms with Crippen molar-refractivity contribution in [2.75, 3.05) is 31.5 Å². The van der Waals surface area contributed by atoms with Gasteiger partial charge in [-0.25, -0.2) is 0 Å². The Morgan fingerprint density at radius 3 is 2.36 bits per heavy atom. The fourth-order valence-corrected chi connectivity index (χ4v) is 3.21. The fraction of sp³-hybridized carbons (Fsp3) is 0.600. The Morgan fingerprint density at radius 2 is 1.80 bits per heavy atom. The van der Waals surface area contributed by atoms with Gasteiger partial charge in [-0.1, -0.05) is 26.0 Å². The standard InChI is InChI=1S/C20H31N3O2/c1-4-15(3)16-6-8-18(9-7-16)22-19(24)14-23-12-10-17(11-13-23)20(25)21-5-2/h6-9,15,17H,4-5,10-14H2,1-3H3,(H,21,25)(H,22,24). The van der Waals surface area contributed by atoms with Crippen LogP contribution in [0.25, 0.3) is 0 Å². The number of carbonyl (C=O) groups excluding carboxylic acids is 2. The lowest BCUT2D eigenvalue weighted by atomic mass is 9.96. The van der Waals surface area contributed by atoms with Crippen LogP contribution in [0.4, 0.5) is 5.69 Å². The van der Waals surface area contributed by atoms with Gasteiger partial charge in [0.25, 0.3) is 0 Å². The minimum atomic E-state index is 0.00718. The molecule has 1 saturated heterocycles. The van der Waals surface area contributed by atoms with Crippen molar-refractivity contribution in [3.05, 3.63) is 29.8 Å². The zero-order valence-electron chi connectivity index (χ0n) is 15.7. The minimum Gasteiger partial charge on any atom is -0.356 e. The summed E-state index contributed by atoms with van der Waals surface area (Å²) in [6.45, 7) is 8.97. The number of benzene rings is 1. The van der Waals surface area contributed by atoms with Crippen molar-refractivity contribution in [3.8, 4) is 0 Å².